The van der Waals surface area contributed by atoms with Gasteiger partial charge in [0.1, 0.15) is 0 Å². The molecule has 6 rings (SSSR count). The lowest BCUT2D eigenvalue weighted by molar-refractivity contribution is 0.0988. The molecule has 37 heavy (non-hydrogen) atoms. The molecule has 1 aliphatic heterocycles. The highest BCUT2D eigenvalue weighted by Gasteiger charge is 2.30. The lowest BCUT2D eigenvalue weighted by Crippen LogP contribution is -2.24. The number of nitrogens with one attached hydrogen (secondary N) is 1. The standard InChI is InChI=1S/C29H20ClN5O2/c1-15-19(3-2-4-24(15)35-14-17-6-7-18(30)12-21(17)29(35)37)22-13-33-27(28(32)36)26-25(22)20-8-5-16(9-10-31)11-23(20)34-26/h2-8,11-13,34H,9,14H2,1H3,(H2,32,36). The van der Waals surface area contributed by atoms with Gasteiger partial charge in [0.2, 0.25) is 0 Å². The smallest absolute Gasteiger partial charge is 0.269 e. The second-order valence-electron chi connectivity index (χ2n) is 9.12. The maximum absolute atomic E-state index is 13.3. The number of rotatable bonds is 4. The van der Waals surface area contributed by atoms with Crippen molar-refractivity contribution >= 4 is 50.9 Å². The fourth-order valence-electron chi connectivity index (χ4n) is 5.23. The topological polar surface area (TPSA) is 116 Å². The lowest BCUT2D eigenvalue weighted by Gasteiger charge is -2.21. The molecule has 0 saturated heterocycles. The van der Waals surface area contributed by atoms with E-state index < -0.39 is 5.91 Å². The molecule has 2 amide bonds. The highest BCUT2D eigenvalue weighted by molar-refractivity contribution is 6.31. The van der Waals surface area contributed by atoms with E-state index in [2.05, 4.69) is 16.0 Å². The van der Waals surface area contributed by atoms with Gasteiger partial charge in [0.05, 0.1) is 24.6 Å². The molecule has 0 atom stereocenters. The first-order chi connectivity index (χ1) is 17.9. The molecule has 0 fully saturated rings. The van der Waals surface area contributed by atoms with Gasteiger partial charge in [0.15, 0.2) is 5.69 Å². The van der Waals surface area contributed by atoms with Crippen molar-refractivity contribution in [2.45, 2.75) is 19.9 Å². The summed E-state index contributed by atoms with van der Waals surface area (Å²) in [6.45, 7) is 2.43. The van der Waals surface area contributed by atoms with Crippen molar-refractivity contribution < 1.29 is 9.59 Å². The first kappa shape index (κ1) is 22.8. The molecular weight excluding hydrogens is 486 g/mol. The van der Waals surface area contributed by atoms with Crippen LogP contribution in [0.3, 0.4) is 0 Å². The van der Waals surface area contributed by atoms with Crippen LogP contribution in [0, 0.1) is 18.3 Å². The molecule has 0 aliphatic carbocycles. The number of H-pyrrole nitrogens is 1. The quantitative estimate of drug-likeness (QED) is 0.327. The zero-order valence-corrected chi connectivity index (χ0v) is 20.6. The molecule has 8 heteroatoms. The van der Waals surface area contributed by atoms with Crippen LogP contribution in [-0.4, -0.2) is 21.8 Å². The summed E-state index contributed by atoms with van der Waals surface area (Å²) >= 11 is 6.14. The van der Waals surface area contributed by atoms with Crippen LogP contribution >= 0.6 is 11.6 Å². The van der Waals surface area contributed by atoms with Crippen LogP contribution in [0.15, 0.2) is 60.8 Å². The van der Waals surface area contributed by atoms with Crippen LogP contribution < -0.4 is 10.6 Å². The van der Waals surface area contributed by atoms with E-state index in [1.807, 2.05) is 49.4 Å². The Morgan fingerprint density at radius 2 is 2.00 bits per heavy atom. The van der Waals surface area contributed by atoms with Crippen LogP contribution in [0.1, 0.15) is 37.5 Å². The van der Waals surface area contributed by atoms with Gasteiger partial charge in [-0.15, -0.1) is 0 Å². The first-order valence-electron chi connectivity index (χ1n) is 11.7. The van der Waals surface area contributed by atoms with Crippen LogP contribution in [0.25, 0.3) is 32.9 Å². The summed E-state index contributed by atoms with van der Waals surface area (Å²) in [5, 5.41) is 11.3. The number of nitrogens with two attached hydrogens (primary N) is 1. The number of benzene rings is 3. The second-order valence-corrected chi connectivity index (χ2v) is 9.55. The zero-order chi connectivity index (χ0) is 25.8. The molecule has 3 N–H and O–H groups in total. The van der Waals surface area contributed by atoms with Gasteiger partial charge in [0.25, 0.3) is 11.8 Å². The minimum absolute atomic E-state index is 0.0952. The Bertz CT molecular complexity index is 1830. The van der Waals surface area contributed by atoms with Crippen LogP contribution in [0.2, 0.25) is 5.02 Å². The van der Waals surface area contributed by atoms with Crippen LogP contribution in [0.5, 0.6) is 0 Å². The number of carbonyl (C=O) groups excluding carboxylic acids is 2. The molecule has 2 aromatic heterocycles. The predicted octanol–water partition coefficient (Wildman–Crippen LogP) is 5.67. The van der Waals surface area contributed by atoms with Crippen molar-refractivity contribution in [1.82, 2.24) is 9.97 Å². The summed E-state index contributed by atoms with van der Waals surface area (Å²) in [6, 6.07) is 19.1. The number of hydrogen-bond donors (Lipinski definition) is 2. The number of carbonyl (C=O) groups is 2. The number of aromatic nitrogens is 2. The molecule has 1 aliphatic rings. The molecule has 0 bridgehead atoms. The Labute approximate surface area is 217 Å². The molecule has 0 saturated carbocycles. The van der Waals surface area contributed by atoms with E-state index in [1.54, 1.807) is 23.2 Å². The minimum atomic E-state index is -0.634. The lowest BCUT2D eigenvalue weighted by atomic mass is 9.95. The third-order valence-electron chi connectivity index (χ3n) is 6.97. The molecule has 0 radical (unpaired) electrons. The second kappa shape index (κ2) is 8.47. The van der Waals surface area contributed by atoms with Crippen molar-refractivity contribution in [3.63, 3.8) is 0 Å². The van der Waals surface area contributed by atoms with Gasteiger partial charge in [-0.1, -0.05) is 41.9 Å². The van der Waals surface area contributed by atoms with Gasteiger partial charge in [-0.25, -0.2) is 4.98 Å². The number of nitriles is 1. The van der Waals surface area contributed by atoms with Gasteiger partial charge in [-0.2, -0.15) is 5.26 Å². The Balaban J connectivity index is 1.55. The number of aromatic amines is 1. The van der Waals surface area contributed by atoms with Crippen LogP contribution in [-0.2, 0) is 13.0 Å². The Hall–Kier alpha value is -4.67. The van der Waals surface area contributed by atoms with E-state index in [0.29, 0.717) is 22.6 Å². The van der Waals surface area contributed by atoms with Crippen molar-refractivity contribution in [2.75, 3.05) is 4.90 Å². The summed E-state index contributed by atoms with van der Waals surface area (Å²) in [7, 11) is 0. The summed E-state index contributed by atoms with van der Waals surface area (Å²) in [6.07, 6.45) is 1.93. The van der Waals surface area contributed by atoms with Crippen LogP contribution in [0.4, 0.5) is 5.69 Å². The van der Waals surface area contributed by atoms with Gasteiger partial charge in [-0.3, -0.25) is 9.59 Å². The van der Waals surface area contributed by atoms with E-state index >= 15 is 0 Å². The highest BCUT2D eigenvalue weighted by Crippen LogP contribution is 2.40. The predicted molar refractivity (Wildman–Crippen MR) is 144 cm³/mol. The average Bonchev–Trinajstić information content (AvgIpc) is 3.41. The zero-order valence-electron chi connectivity index (χ0n) is 19.8. The SMILES string of the molecule is Cc1c(-c2cnc(C(N)=O)c3[nH]c4cc(CC#N)ccc4c23)cccc1N1Cc2ccc(Cl)cc2C1=O. The number of fused-ring (bicyclic) bond motifs is 4. The largest absolute Gasteiger partial charge is 0.364 e. The monoisotopic (exact) mass is 505 g/mol. The third-order valence-corrected chi connectivity index (χ3v) is 7.21. The number of nitrogens with zero attached hydrogens (tertiary/aromatic N) is 3. The Morgan fingerprint density at radius 1 is 1.16 bits per heavy atom. The van der Waals surface area contributed by atoms with Crippen molar-refractivity contribution in [2.24, 2.45) is 5.73 Å². The summed E-state index contributed by atoms with van der Waals surface area (Å²) in [5.74, 6) is -0.730. The molecule has 7 nitrogen and oxygen atoms in total. The minimum Gasteiger partial charge on any atom is -0.364 e. The molecule has 0 unspecified atom stereocenters. The molecular formula is C29H20ClN5O2. The number of hydrogen-bond acceptors (Lipinski definition) is 4. The molecule has 3 aromatic carbocycles. The molecule has 0 spiro atoms. The summed E-state index contributed by atoms with van der Waals surface area (Å²) in [5.41, 5.74) is 12.9. The number of halogens is 1. The number of anilines is 1. The van der Waals surface area contributed by atoms with Crippen molar-refractivity contribution in [3.05, 3.63) is 93.8 Å². The van der Waals surface area contributed by atoms with E-state index in [0.717, 1.165) is 49.8 Å². The maximum Gasteiger partial charge on any atom is 0.269 e. The summed E-state index contributed by atoms with van der Waals surface area (Å²) < 4.78 is 0. The molecule has 180 valence electrons. The third kappa shape index (κ3) is 3.53. The Morgan fingerprint density at radius 3 is 2.78 bits per heavy atom. The highest BCUT2D eigenvalue weighted by atomic mass is 35.5. The van der Waals surface area contributed by atoms with E-state index in [9.17, 15) is 9.59 Å². The number of primary amides is 1. The van der Waals surface area contributed by atoms with E-state index in [-0.39, 0.29) is 18.0 Å². The normalized spacial score (nSPS) is 12.8. The van der Waals surface area contributed by atoms with E-state index in [1.165, 1.54) is 0 Å². The molecule has 5 aromatic rings. The van der Waals surface area contributed by atoms with Gasteiger partial charge < -0.3 is 15.6 Å². The molecule has 3 heterocycles. The summed E-state index contributed by atoms with van der Waals surface area (Å²) in [4.78, 5) is 35.0. The number of amides is 2. The fraction of sp³-hybridized carbons (Fsp3) is 0.103. The van der Waals surface area contributed by atoms with Gasteiger partial charge >= 0.3 is 0 Å². The fourth-order valence-corrected chi connectivity index (χ4v) is 5.40. The number of pyridine rings is 1. The maximum atomic E-state index is 13.3. The average molecular weight is 506 g/mol. The van der Waals surface area contributed by atoms with Crippen molar-refractivity contribution in [1.29, 1.82) is 5.26 Å². The van der Waals surface area contributed by atoms with Crippen molar-refractivity contribution in [3.8, 4) is 17.2 Å². The van der Waals surface area contributed by atoms with Gasteiger partial charge in [-0.05, 0) is 53.4 Å². The Kier molecular flexibility index (Phi) is 5.21. The van der Waals surface area contributed by atoms with Gasteiger partial charge in [0, 0.05) is 44.3 Å². The first-order valence-corrected chi connectivity index (χ1v) is 12.1. The van der Waals surface area contributed by atoms with E-state index in [4.69, 9.17) is 22.6 Å².